The first-order valence-electron chi connectivity index (χ1n) is 5.87. The lowest BCUT2D eigenvalue weighted by Gasteiger charge is -2.15. The second-order valence-electron chi connectivity index (χ2n) is 3.79. The van der Waals surface area contributed by atoms with Crippen molar-refractivity contribution in [3.8, 4) is 11.5 Å². The predicted octanol–water partition coefficient (Wildman–Crippen LogP) is 0.961. The van der Waals surface area contributed by atoms with E-state index in [2.05, 4.69) is 5.32 Å². The number of carbonyl (C=O) groups excluding carboxylic acids is 1. The molecule has 1 atom stereocenters. The molecule has 0 saturated carbocycles. The van der Waals surface area contributed by atoms with Crippen molar-refractivity contribution >= 4 is 5.91 Å². The van der Waals surface area contributed by atoms with Gasteiger partial charge in [0, 0.05) is 0 Å². The van der Waals surface area contributed by atoms with Crippen LogP contribution in [-0.4, -0.2) is 37.4 Å². The molecular weight excluding hydrogens is 234 g/mol. The summed E-state index contributed by atoms with van der Waals surface area (Å²) in [5.74, 6) is 0.841. The first kappa shape index (κ1) is 14.3. The van der Waals surface area contributed by atoms with E-state index >= 15 is 0 Å². The normalized spacial score (nSPS) is 11.7. The standard InChI is InChI=1S/C13H19NO4/c1-3-10(8-15)14-13(16)9-18-12-7-5-4-6-11(12)17-2/h4-7,10,15H,3,8-9H2,1-2H3,(H,14,16)/t10-/m0/s1. The van der Waals surface area contributed by atoms with Gasteiger partial charge in [0.25, 0.3) is 5.91 Å². The van der Waals surface area contributed by atoms with Crippen LogP contribution >= 0.6 is 0 Å². The minimum absolute atomic E-state index is 0.0725. The highest BCUT2D eigenvalue weighted by atomic mass is 16.5. The molecule has 0 aliphatic carbocycles. The molecule has 1 rings (SSSR count). The molecule has 0 heterocycles. The molecule has 0 aliphatic heterocycles. The molecule has 0 aromatic heterocycles. The van der Waals surface area contributed by atoms with Gasteiger partial charge in [0.1, 0.15) is 0 Å². The number of rotatable bonds is 7. The van der Waals surface area contributed by atoms with E-state index in [9.17, 15) is 4.79 Å². The van der Waals surface area contributed by atoms with E-state index in [-0.39, 0.29) is 25.2 Å². The summed E-state index contributed by atoms with van der Waals surface area (Å²) in [6.45, 7) is 1.72. The van der Waals surface area contributed by atoms with Crippen molar-refractivity contribution in [2.45, 2.75) is 19.4 Å². The Labute approximate surface area is 107 Å². The lowest BCUT2D eigenvalue weighted by Crippen LogP contribution is -2.39. The zero-order valence-corrected chi connectivity index (χ0v) is 10.7. The van der Waals surface area contributed by atoms with E-state index in [1.807, 2.05) is 13.0 Å². The number of aliphatic hydroxyl groups is 1. The minimum atomic E-state index is -0.262. The second kappa shape index (κ2) is 7.55. The average Bonchev–Trinajstić information content (AvgIpc) is 2.42. The Hall–Kier alpha value is -1.75. The number of methoxy groups -OCH3 is 1. The Balaban J connectivity index is 2.47. The zero-order chi connectivity index (χ0) is 13.4. The molecule has 2 N–H and O–H groups in total. The van der Waals surface area contributed by atoms with Gasteiger partial charge in [0.05, 0.1) is 19.8 Å². The molecule has 1 aromatic rings. The van der Waals surface area contributed by atoms with E-state index in [1.54, 1.807) is 25.3 Å². The lowest BCUT2D eigenvalue weighted by molar-refractivity contribution is -0.124. The van der Waals surface area contributed by atoms with Crippen LogP contribution in [0.25, 0.3) is 0 Å². The summed E-state index contributed by atoms with van der Waals surface area (Å²) in [7, 11) is 1.54. The van der Waals surface area contributed by atoms with Gasteiger partial charge in [0.2, 0.25) is 0 Å². The van der Waals surface area contributed by atoms with Crippen LogP contribution in [0, 0.1) is 0 Å². The van der Waals surface area contributed by atoms with E-state index in [1.165, 1.54) is 0 Å². The zero-order valence-electron chi connectivity index (χ0n) is 10.7. The average molecular weight is 253 g/mol. The molecule has 1 amide bonds. The Morgan fingerprint density at radius 1 is 1.39 bits per heavy atom. The minimum Gasteiger partial charge on any atom is -0.493 e. The third-order valence-electron chi connectivity index (χ3n) is 2.51. The predicted molar refractivity (Wildman–Crippen MR) is 67.8 cm³/mol. The first-order chi connectivity index (χ1) is 8.71. The molecule has 0 unspecified atom stereocenters. The first-order valence-corrected chi connectivity index (χ1v) is 5.87. The van der Waals surface area contributed by atoms with Crippen molar-refractivity contribution in [3.05, 3.63) is 24.3 Å². The number of hydrogen-bond donors (Lipinski definition) is 2. The van der Waals surface area contributed by atoms with Gasteiger partial charge in [-0.1, -0.05) is 19.1 Å². The van der Waals surface area contributed by atoms with Crippen molar-refractivity contribution in [2.24, 2.45) is 0 Å². The molecule has 5 nitrogen and oxygen atoms in total. The lowest BCUT2D eigenvalue weighted by atomic mass is 10.2. The fourth-order valence-electron chi connectivity index (χ4n) is 1.43. The third-order valence-corrected chi connectivity index (χ3v) is 2.51. The summed E-state index contributed by atoms with van der Waals surface area (Å²) in [5.41, 5.74) is 0. The molecule has 1 aromatic carbocycles. The van der Waals surface area contributed by atoms with E-state index in [0.29, 0.717) is 17.9 Å². The van der Waals surface area contributed by atoms with Crippen molar-refractivity contribution in [1.82, 2.24) is 5.32 Å². The van der Waals surface area contributed by atoms with Crippen molar-refractivity contribution in [1.29, 1.82) is 0 Å². The fraction of sp³-hybridized carbons (Fsp3) is 0.462. The maximum absolute atomic E-state index is 11.6. The molecule has 0 radical (unpaired) electrons. The van der Waals surface area contributed by atoms with E-state index < -0.39 is 0 Å². The van der Waals surface area contributed by atoms with Crippen LogP contribution < -0.4 is 14.8 Å². The van der Waals surface area contributed by atoms with Crippen LogP contribution in [0.3, 0.4) is 0 Å². The number of carbonyl (C=O) groups is 1. The van der Waals surface area contributed by atoms with Crippen molar-refractivity contribution in [3.63, 3.8) is 0 Å². The number of para-hydroxylation sites is 2. The summed E-state index contributed by atoms with van der Waals surface area (Å²) in [6, 6.07) is 6.90. The van der Waals surface area contributed by atoms with Gasteiger partial charge < -0.3 is 19.9 Å². The Kier molecular flexibility index (Phi) is 6.00. The quantitative estimate of drug-likeness (QED) is 0.759. The van der Waals surface area contributed by atoms with E-state index in [0.717, 1.165) is 0 Å². The topological polar surface area (TPSA) is 67.8 Å². The highest BCUT2D eigenvalue weighted by Crippen LogP contribution is 2.25. The summed E-state index contributed by atoms with van der Waals surface area (Å²) in [5, 5.41) is 11.6. The summed E-state index contributed by atoms with van der Waals surface area (Å²) >= 11 is 0. The van der Waals surface area contributed by atoms with Gasteiger partial charge in [0.15, 0.2) is 18.1 Å². The molecule has 0 bridgehead atoms. The molecule has 0 spiro atoms. The number of amides is 1. The van der Waals surface area contributed by atoms with Crippen LogP contribution in [0.15, 0.2) is 24.3 Å². The summed E-state index contributed by atoms with van der Waals surface area (Å²) in [6.07, 6.45) is 0.677. The highest BCUT2D eigenvalue weighted by molar-refractivity contribution is 5.77. The summed E-state index contributed by atoms with van der Waals surface area (Å²) < 4.78 is 10.5. The van der Waals surface area contributed by atoms with Gasteiger partial charge >= 0.3 is 0 Å². The fourth-order valence-corrected chi connectivity index (χ4v) is 1.43. The molecular formula is C13H19NO4. The number of benzene rings is 1. The maximum Gasteiger partial charge on any atom is 0.258 e. The van der Waals surface area contributed by atoms with Crippen molar-refractivity contribution < 1.29 is 19.4 Å². The maximum atomic E-state index is 11.6. The van der Waals surface area contributed by atoms with Crippen LogP contribution in [0.1, 0.15) is 13.3 Å². The van der Waals surface area contributed by atoms with Gasteiger partial charge in [-0.25, -0.2) is 0 Å². The monoisotopic (exact) mass is 253 g/mol. The number of nitrogens with one attached hydrogen (secondary N) is 1. The highest BCUT2D eigenvalue weighted by Gasteiger charge is 2.10. The van der Waals surface area contributed by atoms with Gasteiger partial charge in [-0.3, -0.25) is 4.79 Å². The molecule has 100 valence electrons. The van der Waals surface area contributed by atoms with Crippen LogP contribution in [0.5, 0.6) is 11.5 Å². The van der Waals surface area contributed by atoms with Gasteiger partial charge in [-0.15, -0.1) is 0 Å². The second-order valence-corrected chi connectivity index (χ2v) is 3.79. The van der Waals surface area contributed by atoms with Gasteiger partial charge in [-0.05, 0) is 18.6 Å². The summed E-state index contributed by atoms with van der Waals surface area (Å²) in [4.78, 5) is 11.6. The number of hydrogen-bond acceptors (Lipinski definition) is 4. The van der Waals surface area contributed by atoms with Gasteiger partial charge in [-0.2, -0.15) is 0 Å². The van der Waals surface area contributed by atoms with Crippen LogP contribution in [-0.2, 0) is 4.79 Å². The molecule has 18 heavy (non-hydrogen) atoms. The number of aliphatic hydroxyl groups excluding tert-OH is 1. The molecule has 0 saturated heterocycles. The largest absolute Gasteiger partial charge is 0.493 e. The Morgan fingerprint density at radius 3 is 2.61 bits per heavy atom. The van der Waals surface area contributed by atoms with Crippen molar-refractivity contribution in [2.75, 3.05) is 20.3 Å². The number of ether oxygens (including phenoxy) is 2. The molecule has 0 fully saturated rings. The van der Waals surface area contributed by atoms with E-state index in [4.69, 9.17) is 14.6 Å². The Bertz CT molecular complexity index is 377. The molecule has 5 heteroatoms. The SMILES string of the molecule is CC[C@@H](CO)NC(=O)COc1ccccc1OC. The smallest absolute Gasteiger partial charge is 0.258 e. The Morgan fingerprint density at radius 2 is 2.06 bits per heavy atom. The molecule has 0 aliphatic rings. The van der Waals surface area contributed by atoms with Crippen LogP contribution in [0.2, 0.25) is 0 Å². The third kappa shape index (κ3) is 4.25. The van der Waals surface area contributed by atoms with Crippen LogP contribution in [0.4, 0.5) is 0 Å².